The van der Waals surface area contributed by atoms with Crippen molar-refractivity contribution in [1.82, 2.24) is 24.8 Å². The van der Waals surface area contributed by atoms with Crippen molar-refractivity contribution in [3.63, 3.8) is 0 Å². The number of nitrogens with zero attached hydrogens (tertiary/aromatic N) is 5. The SMILES string of the molecule is CC(C)CC(C(=O)Nc1ccccc1-c1nnn(C)n1)n1cccc1. The van der Waals surface area contributed by atoms with Gasteiger partial charge < -0.3 is 9.88 Å². The van der Waals surface area contributed by atoms with E-state index in [1.54, 1.807) is 7.05 Å². The molecule has 1 amide bonds. The van der Waals surface area contributed by atoms with Crippen LogP contribution in [0.2, 0.25) is 0 Å². The van der Waals surface area contributed by atoms with Crippen LogP contribution in [0.25, 0.3) is 11.4 Å². The van der Waals surface area contributed by atoms with E-state index in [9.17, 15) is 4.79 Å². The molecule has 0 aliphatic rings. The van der Waals surface area contributed by atoms with Gasteiger partial charge >= 0.3 is 0 Å². The highest BCUT2D eigenvalue weighted by atomic mass is 16.2. The van der Waals surface area contributed by atoms with Crippen LogP contribution in [0.5, 0.6) is 0 Å². The van der Waals surface area contributed by atoms with E-state index in [1.807, 2.05) is 53.4 Å². The van der Waals surface area contributed by atoms with Crippen LogP contribution in [0.3, 0.4) is 0 Å². The fourth-order valence-corrected chi connectivity index (χ4v) is 2.76. The van der Waals surface area contributed by atoms with Crippen LogP contribution in [0.15, 0.2) is 48.8 Å². The summed E-state index contributed by atoms with van der Waals surface area (Å²) in [4.78, 5) is 14.3. The van der Waals surface area contributed by atoms with Crippen LogP contribution in [-0.4, -0.2) is 30.7 Å². The first-order valence-corrected chi connectivity index (χ1v) is 8.31. The normalized spacial score (nSPS) is 12.3. The zero-order valence-electron chi connectivity index (χ0n) is 14.6. The Morgan fingerprint density at radius 2 is 1.88 bits per heavy atom. The van der Waals surface area contributed by atoms with Crippen LogP contribution in [0, 0.1) is 5.92 Å². The minimum absolute atomic E-state index is 0.0544. The van der Waals surface area contributed by atoms with E-state index in [4.69, 9.17) is 0 Å². The summed E-state index contributed by atoms with van der Waals surface area (Å²) in [5, 5.41) is 15.2. The summed E-state index contributed by atoms with van der Waals surface area (Å²) in [7, 11) is 1.71. The lowest BCUT2D eigenvalue weighted by molar-refractivity contribution is -0.119. The highest BCUT2D eigenvalue weighted by Gasteiger charge is 2.22. The van der Waals surface area contributed by atoms with E-state index in [2.05, 4.69) is 34.6 Å². The summed E-state index contributed by atoms with van der Waals surface area (Å²) in [6.45, 7) is 4.22. The Bertz CT molecular complexity index is 837. The van der Waals surface area contributed by atoms with Gasteiger partial charge in [-0.25, -0.2) is 0 Å². The Morgan fingerprint density at radius 3 is 2.52 bits per heavy atom. The lowest BCUT2D eigenvalue weighted by atomic mass is 10.0. The molecule has 7 heteroatoms. The third-order valence-electron chi connectivity index (χ3n) is 3.92. The molecule has 3 aromatic rings. The number of para-hydroxylation sites is 1. The van der Waals surface area contributed by atoms with Gasteiger partial charge in [-0.3, -0.25) is 4.79 Å². The highest BCUT2D eigenvalue weighted by molar-refractivity contribution is 5.97. The summed E-state index contributed by atoms with van der Waals surface area (Å²) in [6.07, 6.45) is 4.59. The molecule has 0 aliphatic carbocycles. The number of anilines is 1. The summed E-state index contributed by atoms with van der Waals surface area (Å²) in [6, 6.07) is 11.1. The minimum atomic E-state index is -0.266. The van der Waals surface area contributed by atoms with Crippen molar-refractivity contribution in [1.29, 1.82) is 0 Å². The van der Waals surface area contributed by atoms with Crippen molar-refractivity contribution in [2.24, 2.45) is 13.0 Å². The lowest BCUT2D eigenvalue weighted by Gasteiger charge is -2.21. The third-order valence-corrected chi connectivity index (χ3v) is 3.92. The smallest absolute Gasteiger partial charge is 0.247 e. The number of carbonyl (C=O) groups is 1. The topological polar surface area (TPSA) is 77.6 Å². The third kappa shape index (κ3) is 3.93. The highest BCUT2D eigenvalue weighted by Crippen LogP contribution is 2.26. The molecule has 0 saturated carbocycles. The van der Waals surface area contributed by atoms with Gasteiger partial charge in [0.05, 0.1) is 12.7 Å². The molecule has 7 nitrogen and oxygen atoms in total. The van der Waals surface area contributed by atoms with E-state index in [1.165, 1.54) is 4.80 Å². The van der Waals surface area contributed by atoms with E-state index in [0.29, 0.717) is 17.4 Å². The molecule has 1 aromatic carbocycles. The second-order valence-corrected chi connectivity index (χ2v) is 6.41. The van der Waals surface area contributed by atoms with Crippen LogP contribution >= 0.6 is 0 Å². The van der Waals surface area contributed by atoms with Crippen molar-refractivity contribution >= 4 is 11.6 Å². The van der Waals surface area contributed by atoms with Crippen molar-refractivity contribution in [3.8, 4) is 11.4 Å². The average Bonchev–Trinajstić information content (AvgIpc) is 3.24. The predicted octanol–water partition coefficient (Wildman–Crippen LogP) is 2.90. The molecular weight excluding hydrogens is 316 g/mol. The maximum absolute atomic E-state index is 12.9. The Labute approximate surface area is 146 Å². The number of rotatable bonds is 6. The molecule has 25 heavy (non-hydrogen) atoms. The Morgan fingerprint density at radius 1 is 1.16 bits per heavy atom. The average molecular weight is 338 g/mol. The summed E-state index contributed by atoms with van der Waals surface area (Å²) in [5.41, 5.74) is 1.43. The van der Waals surface area contributed by atoms with Gasteiger partial charge in [0.15, 0.2) is 0 Å². The number of nitrogens with one attached hydrogen (secondary N) is 1. The number of aryl methyl sites for hydroxylation is 1. The molecule has 2 heterocycles. The molecular formula is C18H22N6O. The standard InChI is InChI=1S/C18H22N6O/c1-13(2)12-16(24-10-6-7-11-24)18(25)19-15-9-5-4-8-14(15)17-20-22-23(3)21-17/h4-11,13,16H,12H2,1-3H3,(H,19,25). The molecule has 130 valence electrons. The first-order chi connectivity index (χ1) is 12.0. The van der Waals surface area contributed by atoms with Gasteiger partial charge in [0.1, 0.15) is 6.04 Å². The quantitative estimate of drug-likeness (QED) is 0.749. The second kappa shape index (κ2) is 7.29. The number of amides is 1. The van der Waals surface area contributed by atoms with E-state index in [0.717, 1.165) is 12.0 Å². The molecule has 0 saturated heterocycles. The molecule has 1 N–H and O–H groups in total. The molecule has 0 radical (unpaired) electrons. The van der Waals surface area contributed by atoms with Crippen molar-refractivity contribution in [3.05, 3.63) is 48.8 Å². The molecule has 1 atom stereocenters. The first kappa shape index (κ1) is 16.9. The predicted molar refractivity (Wildman–Crippen MR) is 95.8 cm³/mol. The Kier molecular flexibility index (Phi) is 4.92. The van der Waals surface area contributed by atoms with Gasteiger partial charge in [-0.2, -0.15) is 4.80 Å². The van der Waals surface area contributed by atoms with Gasteiger partial charge in [0.25, 0.3) is 0 Å². The molecule has 0 bridgehead atoms. The van der Waals surface area contributed by atoms with Gasteiger partial charge in [0, 0.05) is 18.0 Å². The van der Waals surface area contributed by atoms with Gasteiger partial charge in [-0.15, -0.1) is 10.2 Å². The number of aromatic nitrogens is 5. The largest absolute Gasteiger partial charge is 0.342 e. The van der Waals surface area contributed by atoms with Crippen molar-refractivity contribution < 1.29 is 4.79 Å². The summed E-state index contributed by atoms with van der Waals surface area (Å²) < 4.78 is 1.94. The molecule has 2 aromatic heterocycles. The number of benzene rings is 1. The van der Waals surface area contributed by atoms with Crippen LogP contribution in [0.4, 0.5) is 5.69 Å². The molecule has 3 rings (SSSR count). The fraction of sp³-hybridized carbons (Fsp3) is 0.333. The van der Waals surface area contributed by atoms with Crippen LogP contribution < -0.4 is 5.32 Å². The Hall–Kier alpha value is -2.96. The van der Waals surface area contributed by atoms with Crippen molar-refractivity contribution in [2.45, 2.75) is 26.3 Å². The monoisotopic (exact) mass is 338 g/mol. The summed E-state index contributed by atoms with van der Waals surface area (Å²) in [5.74, 6) is 0.830. The van der Waals surface area contributed by atoms with Crippen LogP contribution in [-0.2, 0) is 11.8 Å². The lowest BCUT2D eigenvalue weighted by Crippen LogP contribution is -2.26. The van der Waals surface area contributed by atoms with E-state index in [-0.39, 0.29) is 11.9 Å². The number of hydrogen-bond donors (Lipinski definition) is 1. The van der Waals surface area contributed by atoms with Gasteiger partial charge in [-0.05, 0) is 41.8 Å². The first-order valence-electron chi connectivity index (χ1n) is 8.31. The zero-order valence-corrected chi connectivity index (χ0v) is 14.6. The van der Waals surface area contributed by atoms with E-state index >= 15 is 0 Å². The van der Waals surface area contributed by atoms with Gasteiger partial charge in [-0.1, -0.05) is 26.0 Å². The van der Waals surface area contributed by atoms with Crippen molar-refractivity contribution in [2.75, 3.05) is 5.32 Å². The molecule has 1 unspecified atom stereocenters. The zero-order chi connectivity index (χ0) is 17.8. The Balaban J connectivity index is 1.87. The summed E-state index contributed by atoms with van der Waals surface area (Å²) >= 11 is 0. The number of carbonyl (C=O) groups excluding carboxylic acids is 1. The minimum Gasteiger partial charge on any atom is -0.342 e. The fourth-order valence-electron chi connectivity index (χ4n) is 2.76. The number of hydrogen-bond acceptors (Lipinski definition) is 4. The second-order valence-electron chi connectivity index (χ2n) is 6.41. The van der Waals surface area contributed by atoms with E-state index < -0.39 is 0 Å². The maximum Gasteiger partial charge on any atom is 0.247 e. The molecule has 0 fully saturated rings. The maximum atomic E-state index is 12.9. The van der Waals surface area contributed by atoms with Crippen LogP contribution in [0.1, 0.15) is 26.3 Å². The number of tetrazole rings is 1. The van der Waals surface area contributed by atoms with Gasteiger partial charge in [0.2, 0.25) is 11.7 Å². The molecule has 0 spiro atoms. The molecule has 0 aliphatic heterocycles.